The summed E-state index contributed by atoms with van der Waals surface area (Å²) in [5.74, 6) is 0.397. The second kappa shape index (κ2) is 9.23. The predicted octanol–water partition coefficient (Wildman–Crippen LogP) is -0.0850. The molecule has 1 heterocycles. The Balaban J connectivity index is 2.28. The topological polar surface area (TPSA) is 115 Å². The molecule has 0 radical (unpaired) electrons. The summed E-state index contributed by atoms with van der Waals surface area (Å²) >= 11 is 0. The number of ether oxygens (including phenoxy) is 2. The number of sulfone groups is 1. The van der Waals surface area contributed by atoms with E-state index in [0.717, 1.165) is 0 Å². The summed E-state index contributed by atoms with van der Waals surface area (Å²) in [7, 11) is -3.00. The van der Waals surface area contributed by atoms with Crippen molar-refractivity contribution in [3.05, 3.63) is 0 Å². The highest BCUT2D eigenvalue weighted by atomic mass is 32.2. The van der Waals surface area contributed by atoms with Gasteiger partial charge >= 0.3 is 6.09 Å². The van der Waals surface area contributed by atoms with Gasteiger partial charge in [-0.2, -0.15) is 0 Å². The van der Waals surface area contributed by atoms with Crippen LogP contribution in [0.3, 0.4) is 0 Å². The molecule has 25 heavy (non-hydrogen) atoms. The molecule has 0 atom stereocenters. The van der Waals surface area contributed by atoms with Crippen LogP contribution in [0.2, 0.25) is 0 Å². The number of piperazine rings is 1. The molecular formula is C15H30N4O5S. The van der Waals surface area contributed by atoms with E-state index in [-0.39, 0.29) is 18.5 Å². The summed E-state index contributed by atoms with van der Waals surface area (Å²) in [4.78, 5) is 19.8. The third-order valence-corrected chi connectivity index (χ3v) is 4.27. The van der Waals surface area contributed by atoms with Crippen LogP contribution >= 0.6 is 0 Å². The number of rotatable bonds is 6. The molecular weight excluding hydrogens is 348 g/mol. The van der Waals surface area contributed by atoms with Gasteiger partial charge in [-0.15, -0.1) is 0 Å². The van der Waals surface area contributed by atoms with E-state index in [4.69, 9.17) is 15.2 Å². The van der Waals surface area contributed by atoms with Crippen LogP contribution in [-0.2, 0) is 19.3 Å². The fraction of sp³-hybridized carbons (Fsp3) is 0.867. The molecule has 0 bridgehead atoms. The SMILES string of the molecule is CC(C)(C)OC(=O)N1CCN(C(N)=NCCOCCS(C)(=O)=O)CC1. The maximum absolute atomic E-state index is 12.0. The van der Waals surface area contributed by atoms with Crippen LogP contribution in [0.5, 0.6) is 0 Å². The van der Waals surface area contributed by atoms with Gasteiger partial charge in [-0.25, -0.2) is 13.2 Å². The highest BCUT2D eigenvalue weighted by Gasteiger charge is 2.26. The lowest BCUT2D eigenvalue weighted by atomic mass is 10.2. The van der Waals surface area contributed by atoms with Gasteiger partial charge in [-0.1, -0.05) is 0 Å². The normalized spacial score (nSPS) is 16.9. The Morgan fingerprint density at radius 2 is 1.68 bits per heavy atom. The zero-order valence-electron chi connectivity index (χ0n) is 15.5. The van der Waals surface area contributed by atoms with Crippen molar-refractivity contribution in [1.29, 1.82) is 0 Å². The second-order valence-electron chi connectivity index (χ2n) is 6.94. The standard InChI is InChI=1S/C15H30N4O5S/c1-15(2,3)24-14(20)19-8-6-18(7-9-19)13(16)17-5-10-23-11-12-25(4,21)22/h5-12H2,1-4H3,(H2,16,17). The Morgan fingerprint density at radius 1 is 1.12 bits per heavy atom. The molecule has 0 aromatic heterocycles. The highest BCUT2D eigenvalue weighted by molar-refractivity contribution is 7.90. The highest BCUT2D eigenvalue weighted by Crippen LogP contribution is 2.11. The van der Waals surface area contributed by atoms with E-state index in [1.54, 1.807) is 4.90 Å². The lowest BCUT2D eigenvalue weighted by Crippen LogP contribution is -2.53. The van der Waals surface area contributed by atoms with Gasteiger partial charge in [-0.3, -0.25) is 4.99 Å². The van der Waals surface area contributed by atoms with E-state index >= 15 is 0 Å². The Morgan fingerprint density at radius 3 is 2.20 bits per heavy atom. The van der Waals surface area contributed by atoms with Crippen LogP contribution in [0, 0.1) is 0 Å². The summed E-state index contributed by atoms with van der Waals surface area (Å²) in [6, 6.07) is 0. The van der Waals surface area contributed by atoms with Crippen molar-refractivity contribution in [2.75, 3.05) is 57.9 Å². The van der Waals surface area contributed by atoms with E-state index in [1.165, 1.54) is 6.26 Å². The quantitative estimate of drug-likeness (QED) is 0.390. The molecule has 146 valence electrons. The summed E-state index contributed by atoms with van der Waals surface area (Å²) < 4.78 is 32.5. The molecule has 1 aliphatic heterocycles. The Hall–Kier alpha value is -1.55. The van der Waals surface area contributed by atoms with E-state index in [2.05, 4.69) is 4.99 Å². The number of carbonyl (C=O) groups is 1. The lowest BCUT2D eigenvalue weighted by Gasteiger charge is -2.36. The molecule has 0 saturated carbocycles. The first kappa shape index (κ1) is 21.5. The number of aliphatic imine (C=N–C) groups is 1. The Kier molecular flexibility index (Phi) is 7.94. The number of nitrogens with zero attached hydrogens (tertiary/aromatic N) is 3. The van der Waals surface area contributed by atoms with Crippen LogP contribution in [0.4, 0.5) is 4.79 Å². The first-order valence-electron chi connectivity index (χ1n) is 8.26. The number of hydrogen-bond acceptors (Lipinski definition) is 6. The molecule has 1 rings (SSSR count). The van der Waals surface area contributed by atoms with Crippen molar-refractivity contribution in [1.82, 2.24) is 9.80 Å². The first-order valence-corrected chi connectivity index (χ1v) is 10.3. The minimum absolute atomic E-state index is 0.00117. The van der Waals surface area contributed by atoms with Crippen molar-refractivity contribution in [3.63, 3.8) is 0 Å². The van der Waals surface area contributed by atoms with Gasteiger partial charge in [0, 0.05) is 32.4 Å². The first-order chi connectivity index (χ1) is 11.5. The van der Waals surface area contributed by atoms with Crippen LogP contribution in [-0.4, -0.2) is 93.8 Å². The van der Waals surface area contributed by atoms with Crippen LogP contribution < -0.4 is 5.73 Å². The van der Waals surface area contributed by atoms with Gasteiger partial charge in [0.25, 0.3) is 0 Å². The average Bonchev–Trinajstić information content (AvgIpc) is 2.48. The van der Waals surface area contributed by atoms with E-state index < -0.39 is 15.4 Å². The fourth-order valence-corrected chi connectivity index (χ4v) is 2.50. The maximum Gasteiger partial charge on any atom is 0.410 e. The molecule has 0 aliphatic carbocycles. The number of guanidine groups is 1. The third kappa shape index (κ3) is 9.49. The number of nitrogens with two attached hydrogens (primary N) is 1. The number of hydrogen-bond donors (Lipinski definition) is 1. The summed E-state index contributed by atoms with van der Waals surface area (Å²) in [5, 5.41) is 0. The molecule has 0 aromatic rings. The van der Waals surface area contributed by atoms with E-state index in [1.807, 2.05) is 25.7 Å². The molecule has 10 heteroatoms. The smallest absolute Gasteiger partial charge is 0.410 e. The Bertz CT molecular complexity index is 563. The summed E-state index contributed by atoms with van der Waals surface area (Å²) in [5.41, 5.74) is 5.44. The van der Waals surface area contributed by atoms with Gasteiger partial charge < -0.3 is 25.0 Å². The van der Waals surface area contributed by atoms with Crippen molar-refractivity contribution < 1.29 is 22.7 Å². The van der Waals surface area contributed by atoms with E-state index in [9.17, 15) is 13.2 Å². The Labute approximate surface area is 150 Å². The lowest BCUT2D eigenvalue weighted by molar-refractivity contribution is 0.0186. The minimum Gasteiger partial charge on any atom is -0.444 e. The van der Waals surface area contributed by atoms with Gasteiger partial charge in [0.2, 0.25) is 0 Å². The largest absolute Gasteiger partial charge is 0.444 e. The number of carbonyl (C=O) groups excluding carboxylic acids is 1. The van der Waals surface area contributed by atoms with Crippen LogP contribution in [0.1, 0.15) is 20.8 Å². The average molecular weight is 378 g/mol. The van der Waals surface area contributed by atoms with Crippen molar-refractivity contribution in [2.24, 2.45) is 10.7 Å². The fourth-order valence-electron chi connectivity index (χ4n) is 2.08. The zero-order chi connectivity index (χ0) is 19.1. The van der Waals surface area contributed by atoms with Crippen molar-refractivity contribution >= 4 is 21.9 Å². The van der Waals surface area contributed by atoms with Crippen LogP contribution in [0.15, 0.2) is 4.99 Å². The maximum atomic E-state index is 12.0. The second-order valence-corrected chi connectivity index (χ2v) is 9.20. The van der Waals surface area contributed by atoms with Gasteiger partial charge in [-0.05, 0) is 20.8 Å². The molecule has 0 spiro atoms. The predicted molar refractivity (Wildman–Crippen MR) is 96.4 cm³/mol. The molecule has 1 saturated heterocycles. The molecule has 1 aliphatic rings. The summed E-state index contributed by atoms with van der Waals surface area (Å²) in [6.45, 7) is 8.56. The summed E-state index contributed by atoms with van der Waals surface area (Å²) in [6.07, 6.45) is 0.852. The van der Waals surface area contributed by atoms with Gasteiger partial charge in [0.05, 0.1) is 25.5 Å². The third-order valence-electron chi connectivity index (χ3n) is 3.36. The van der Waals surface area contributed by atoms with Crippen molar-refractivity contribution in [3.8, 4) is 0 Å². The minimum atomic E-state index is -3.00. The molecule has 2 N–H and O–H groups in total. The molecule has 9 nitrogen and oxygen atoms in total. The molecule has 1 fully saturated rings. The van der Waals surface area contributed by atoms with Gasteiger partial charge in [0.1, 0.15) is 15.4 Å². The van der Waals surface area contributed by atoms with Crippen LogP contribution in [0.25, 0.3) is 0 Å². The molecule has 1 amide bonds. The number of amides is 1. The van der Waals surface area contributed by atoms with E-state index in [0.29, 0.717) is 45.3 Å². The molecule has 0 unspecified atom stereocenters. The monoisotopic (exact) mass is 378 g/mol. The zero-order valence-corrected chi connectivity index (χ0v) is 16.3. The molecule has 0 aromatic carbocycles. The van der Waals surface area contributed by atoms with Gasteiger partial charge in [0.15, 0.2) is 5.96 Å². The van der Waals surface area contributed by atoms with Crippen molar-refractivity contribution in [2.45, 2.75) is 26.4 Å².